The van der Waals surface area contributed by atoms with Crippen LogP contribution >= 0.6 is 14.7 Å². The van der Waals surface area contributed by atoms with E-state index in [2.05, 4.69) is 0 Å². The molecule has 2 aliphatic rings. The van der Waals surface area contributed by atoms with E-state index in [0.717, 1.165) is 33.4 Å². The summed E-state index contributed by atoms with van der Waals surface area (Å²) in [4.78, 5) is 0. The summed E-state index contributed by atoms with van der Waals surface area (Å²) in [6, 6.07) is 38.5. The van der Waals surface area contributed by atoms with Gasteiger partial charge in [0, 0.05) is 22.8 Å². The molecule has 0 bridgehead atoms. The van der Waals surface area contributed by atoms with Crippen molar-refractivity contribution in [3.8, 4) is 33.8 Å². The van der Waals surface area contributed by atoms with Crippen LogP contribution in [0.5, 0.6) is 11.5 Å². The molecule has 0 spiro atoms. The van der Waals surface area contributed by atoms with E-state index in [9.17, 15) is 9.13 Å². The third-order valence-corrected chi connectivity index (χ3v) is 11.3. The highest BCUT2D eigenvalue weighted by Crippen LogP contribution is 2.57. The first-order valence-electron chi connectivity index (χ1n) is 13.0. The van der Waals surface area contributed by atoms with Gasteiger partial charge >= 0.3 is 0 Å². The first-order chi connectivity index (χ1) is 19.5. The summed E-state index contributed by atoms with van der Waals surface area (Å²) in [5, 5.41) is 1.40. The maximum Gasteiger partial charge on any atom is 0.300 e. The van der Waals surface area contributed by atoms with E-state index in [1.54, 1.807) is 11.6 Å². The van der Waals surface area contributed by atoms with E-state index < -0.39 is 14.7 Å². The molecular weight excluding hydrogens is 534 g/mol. The van der Waals surface area contributed by atoms with Crippen molar-refractivity contribution in [2.45, 2.75) is 0 Å². The summed E-state index contributed by atoms with van der Waals surface area (Å²) < 4.78 is 40.1. The molecule has 2 aliphatic heterocycles. The second-order valence-corrected chi connectivity index (χ2v) is 14.0. The highest BCUT2D eigenvalue weighted by atomic mass is 31.2. The van der Waals surface area contributed by atoms with Gasteiger partial charge in [-0.05, 0) is 58.7 Å². The minimum atomic E-state index is -3.26. The van der Waals surface area contributed by atoms with Crippen LogP contribution in [0.15, 0.2) is 133 Å². The van der Waals surface area contributed by atoms with Gasteiger partial charge in [0.25, 0.3) is 14.7 Å². The summed E-state index contributed by atoms with van der Waals surface area (Å²) >= 11 is 0. The Morgan fingerprint density at radius 1 is 0.425 bits per heavy atom. The average Bonchev–Trinajstić information content (AvgIpc) is 3.00. The molecule has 40 heavy (non-hydrogen) atoms. The molecule has 5 aromatic carbocycles. The Labute approximate surface area is 233 Å². The van der Waals surface area contributed by atoms with Crippen LogP contribution in [-0.2, 0) is 9.13 Å². The third-order valence-electron chi connectivity index (χ3n) is 7.16. The van der Waals surface area contributed by atoms with Crippen molar-refractivity contribution in [2.24, 2.45) is 0 Å². The van der Waals surface area contributed by atoms with Gasteiger partial charge in [-0.25, -0.2) is 0 Å². The van der Waals surface area contributed by atoms with E-state index >= 15 is 0 Å². The van der Waals surface area contributed by atoms with Gasteiger partial charge in [-0.1, -0.05) is 97.1 Å². The highest BCUT2D eigenvalue weighted by Gasteiger charge is 2.34. The smallest absolute Gasteiger partial charge is 0.300 e. The molecule has 0 saturated carbocycles. The molecule has 0 aromatic heterocycles. The molecule has 0 aliphatic carbocycles. The van der Waals surface area contributed by atoms with E-state index in [1.807, 2.05) is 133 Å². The maximum absolute atomic E-state index is 14.0. The highest BCUT2D eigenvalue weighted by molar-refractivity contribution is 7.71. The van der Waals surface area contributed by atoms with Gasteiger partial charge in [0.15, 0.2) is 0 Å². The van der Waals surface area contributed by atoms with E-state index in [0.29, 0.717) is 22.1 Å². The van der Waals surface area contributed by atoms with Crippen molar-refractivity contribution in [2.75, 3.05) is 0 Å². The molecule has 2 unspecified atom stereocenters. The first-order valence-corrected chi connectivity index (χ1v) is 16.4. The van der Waals surface area contributed by atoms with Crippen LogP contribution in [0, 0.1) is 0 Å². The molecule has 2 heterocycles. The maximum atomic E-state index is 14.0. The molecule has 4 nitrogen and oxygen atoms in total. The fourth-order valence-corrected chi connectivity index (χ4v) is 9.11. The molecular formula is C34H24O4P2. The monoisotopic (exact) mass is 558 g/mol. The normalized spacial score (nSPS) is 20.6. The van der Waals surface area contributed by atoms with Crippen molar-refractivity contribution in [1.82, 2.24) is 0 Å². The van der Waals surface area contributed by atoms with Crippen molar-refractivity contribution in [1.29, 1.82) is 0 Å². The molecule has 6 heteroatoms. The lowest BCUT2D eigenvalue weighted by molar-refractivity contribution is 0.500. The van der Waals surface area contributed by atoms with Gasteiger partial charge in [-0.15, -0.1) is 0 Å². The minimum absolute atomic E-state index is 0.624. The van der Waals surface area contributed by atoms with Gasteiger partial charge < -0.3 is 9.05 Å². The number of hydrogen-bond donors (Lipinski definition) is 0. The molecule has 2 atom stereocenters. The van der Waals surface area contributed by atoms with Crippen molar-refractivity contribution in [3.63, 3.8) is 0 Å². The minimum Gasteiger partial charge on any atom is -0.437 e. The van der Waals surface area contributed by atoms with Crippen LogP contribution in [-0.4, -0.2) is 0 Å². The Kier molecular flexibility index (Phi) is 5.97. The zero-order valence-electron chi connectivity index (χ0n) is 21.4. The van der Waals surface area contributed by atoms with Crippen molar-refractivity contribution >= 4 is 37.5 Å². The average molecular weight is 559 g/mol. The SMILES string of the molecule is O=P1(/C=C/c2ccc(/C=C/P3(=O)Oc4ccccc4-c4ccccc43)cc2)Oc2ccccc2-c2ccccc21. The largest absolute Gasteiger partial charge is 0.437 e. The predicted molar refractivity (Wildman–Crippen MR) is 164 cm³/mol. The topological polar surface area (TPSA) is 52.6 Å². The quantitative estimate of drug-likeness (QED) is 0.207. The molecule has 7 rings (SSSR count). The lowest BCUT2D eigenvalue weighted by atomic mass is 10.0. The predicted octanol–water partition coefficient (Wildman–Crippen LogP) is 8.95. The molecule has 0 N–H and O–H groups in total. The lowest BCUT2D eigenvalue weighted by Gasteiger charge is -2.26. The summed E-state index contributed by atoms with van der Waals surface area (Å²) in [6.07, 6.45) is 3.66. The van der Waals surface area contributed by atoms with E-state index in [4.69, 9.17) is 9.05 Å². The van der Waals surface area contributed by atoms with Crippen LogP contribution in [0.4, 0.5) is 0 Å². The Bertz CT molecular complexity index is 1780. The fourth-order valence-electron chi connectivity index (χ4n) is 5.18. The second-order valence-electron chi connectivity index (χ2n) is 9.70. The number of rotatable bonds is 4. The van der Waals surface area contributed by atoms with Gasteiger partial charge in [-0.2, -0.15) is 0 Å². The van der Waals surface area contributed by atoms with Crippen LogP contribution in [0.1, 0.15) is 11.1 Å². The van der Waals surface area contributed by atoms with Crippen molar-refractivity contribution < 1.29 is 18.2 Å². The Morgan fingerprint density at radius 3 is 1.20 bits per heavy atom. The van der Waals surface area contributed by atoms with Gasteiger partial charge in [0.2, 0.25) is 0 Å². The summed E-state index contributed by atoms with van der Waals surface area (Å²) in [5.74, 6) is 4.60. The Balaban J connectivity index is 1.15. The molecule has 5 aromatic rings. The van der Waals surface area contributed by atoms with Crippen LogP contribution in [0.2, 0.25) is 0 Å². The number of para-hydroxylation sites is 2. The fraction of sp³-hybridized carbons (Fsp3) is 0. The van der Waals surface area contributed by atoms with Crippen LogP contribution in [0.25, 0.3) is 34.4 Å². The third kappa shape index (κ3) is 4.27. The lowest BCUT2D eigenvalue weighted by Crippen LogP contribution is -2.16. The summed E-state index contributed by atoms with van der Waals surface area (Å²) in [7, 11) is -6.52. The van der Waals surface area contributed by atoms with Gasteiger partial charge in [0.05, 0.1) is 10.6 Å². The second kappa shape index (κ2) is 9.68. The van der Waals surface area contributed by atoms with Crippen molar-refractivity contribution in [3.05, 3.63) is 144 Å². The van der Waals surface area contributed by atoms with Crippen LogP contribution in [0.3, 0.4) is 0 Å². The first kappa shape index (κ1) is 24.7. The zero-order valence-corrected chi connectivity index (χ0v) is 23.2. The number of fused-ring (bicyclic) bond motifs is 6. The van der Waals surface area contributed by atoms with Gasteiger partial charge in [-0.3, -0.25) is 9.13 Å². The molecule has 0 amide bonds. The molecule has 194 valence electrons. The van der Waals surface area contributed by atoms with Gasteiger partial charge in [0.1, 0.15) is 11.5 Å². The molecule has 0 saturated heterocycles. The van der Waals surface area contributed by atoms with E-state index in [-0.39, 0.29) is 0 Å². The number of hydrogen-bond acceptors (Lipinski definition) is 4. The zero-order chi connectivity index (χ0) is 27.2. The summed E-state index contributed by atoms with van der Waals surface area (Å²) in [5.41, 5.74) is 5.52. The van der Waals surface area contributed by atoms with E-state index in [1.165, 1.54) is 0 Å². The standard InChI is InChI=1S/C34H24O4P2/c35-39(33-15-7-3-11-29(33)27-9-1-5-13-31(27)37-39)23-21-25-17-19-26(20-18-25)22-24-40(36)34-16-8-4-12-30(34)28-10-2-6-14-32(28)38-40/h1-24H/b23-21+,24-22+. The molecule has 0 radical (unpaired) electrons. The summed E-state index contributed by atoms with van der Waals surface area (Å²) in [6.45, 7) is 0. The Hall–Kier alpha value is -4.36. The molecule has 0 fully saturated rings. The Morgan fingerprint density at radius 2 is 0.775 bits per heavy atom. The van der Waals surface area contributed by atoms with Crippen LogP contribution < -0.4 is 19.7 Å². The number of benzene rings is 5.